The van der Waals surface area contributed by atoms with Gasteiger partial charge in [0.1, 0.15) is 30.9 Å². The number of rotatable bonds is 12. The van der Waals surface area contributed by atoms with Crippen molar-refractivity contribution >= 4 is 11.7 Å². The predicted octanol–water partition coefficient (Wildman–Crippen LogP) is 3.64. The van der Waals surface area contributed by atoms with Gasteiger partial charge in [0.25, 0.3) is 0 Å². The maximum absolute atomic E-state index is 12.0. The second-order valence-electron chi connectivity index (χ2n) is 6.29. The molecule has 7 heteroatoms. The molecule has 0 fully saturated rings. The Balaban J connectivity index is 2.01. The Morgan fingerprint density at radius 2 is 1.77 bits per heavy atom. The molecule has 0 aliphatic heterocycles. The van der Waals surface area contributed by atoms with Crippen molar-refractivity contribution in [2.45, 2.75) is 26.4 Å². The molecule has 30 heavy (non-hydrogen) atoms. The first-order chi connectivity index (χ1) is 14.6. The molecule has 0 saturated heterocycles. The SMILES string of the molecule is CCOC(=O)C(Cc1ccc(OC/C(=N/OC)c2cccc(OC)c2)cc1)OCC. The summed E-state index contributed by atoms with van der Waals surface area (Å²) < 4.78 is 21.7. The highest BCUT2D eigenvalue weighted by molar-refractivity contribution is 6.01. The van der Waals surface area contributed by atoms with E-state index >= 15 is 0 Å². The third-order valence-corrected chi connectivity index (χ3v) is 4.24. The van der Waals surface area contributed by atoms with Crippen molar-refractivity contribution in [3.05, 3.63) is 59.7 Å². The maximum Gasteiger partial charge on any atom is 0.335 e. The number of carbonyl (C=O) groups excluding carboxylic acids is 1. The lowest BCUT2D eigenvalue weighted by molar-refractivity contribution is -0.156. The van der Waals surface area contributed by atoms with Gasteiger partial charge in [-0.15, -0.1) is 0 Å². The van der Waals surface area contributed by atoms with Crippen LogP contribution >= 0.6 is 0 Å². The predicted molar refractivity (Wildman–Crippen MR) is 114 cm³/mol. The zero-order valence-corrected chi connectivity index (χ0v) is 17.9. The molecule has 0 aliphatic carbocycles. The molecule has 2 rings (SSSR count). The van der Waals surface area contributed by atoms with E-state index in [4.69, 9.17) is 23.8 Å². The Bertz CT molecular complexity index is 819. The third-order valence-electron chi connectivity index (χ3n) is 4.24. The minimum absolute atomic E-state index is 0.227. The van der Waals surface area contributed by atoms with E-state index in [9.17, 15) is 4.79 Å². The molecule has 0 spiro atoms. The van der Waals surface area contributed by atoms with E-state index in [0.717, 1.165) is 16.9 Å². The minimum atomic E-state index is -0.616. The van der Waals surface area contributed by atoms with Crippen molar-refractivity contribution in [3.63, 3.8) is 0 Å². The van der Waals surface area contributed by atoms with Gasteiger partial charge >= 0.3 is 5.97 Å². The monoisotopic (exact) mass is 415 g/mol. The van der Waals surface area contributed by atoms with Crippen LogP contribution in [0.1, 0.15) is 25.0 Å². The Hall–Kier alpha value is -3.06. The van der Waals surface area contributed by atoms with Gasteiger partial charge in [-0.1, -0.05) is 29.4 Å². The number of ether oxygens (including phenoxy) is 4. The number of carbonyl (C=O) groups is 1. The second-order valence-corrected chi connectivity index (χ2v) is 6.29. The number of benzene rings is 2. The second kappa shape index (κ2) is 12.5. The molecule has 0 bridgehead atoms. The normalized spacial score (nSPS) is 12.2. The highest BCUT2D eigenvalue weighted by atomic mass is 16.6. The number of methoxy groups -OCH3 is 1. The van der Waals surface area contributed by atoms with Crippen molar-refractivity contribution in [1.82, 2.24) is 0 Å². The van der Waals surface area contributed by atoms with E-state index in [0.29, 0.717) is 31.1 Å². The first-order valence-electron chi connectivity index (χ1n) is 9.85. The van der Waals surface area contributed by atoms with E-state index < -0.39 is 6.10 Å². The number of oxime groups is 1. The number of nitrogens with zero attached hydrogens (tertiary/aromatic N) is 1. The molecule has 162 valence electrons. The first-order valence-corrected chi connectivity index (χ1v) is 9.85. The molecular weight excluding hydrogens is 386 g/mol. The molecule has 0 saturated carbocycles. The van der Waals surface area contributed by atoms with Crippen LogP contribution in [-0.4, -0.2) is 51.8 Å². The van der Waals surface area contributed by atoms with Gasteiger partial charge in [0.2, 0.25) is 0 Å². The van der Waals surface area contributed by atoms with Crippen molar-refractivity contribution in [2.75, 3.05) is 34.0 Å². The summed E-state index contributed by atoms with van der Waals surface area (Å²) in [6, 6.07) is 15.0. The fraction of sp³-hybridized carbons (Fsp3) is 0.391. The van der Waals surface area contributed by atoms with Crippen LogP contribution in [0.3, 0.4) is 0 Å². The average molecular weight is 415 g/mol. The quantitative estimate of drug-likeness (QED) is 0.299. The number of hydrogen-bond acceptors (Lipinski definition) is 7. The fourth-order valence-corrected chi connectivity index (χ4v) is 2.81. The summed E-state index contributed by atoms with van der Waals surface area (Å²) in [6.07, 6.45) is -0.178. The highest BCUT2D eigenvalue weighted by Crippen LogP contribution is 2.17. The Kier molecular flexibility index (Phi) is 9.67. The van der Waals surface area contributed by atoms with Crippen molar-refractivity contribution in [3.8, 4) is 11.5 Å². The largest absolute Gasteiger partial charge is 0.497 e. The molecule has 7 nitrogen and oxygen atoms in total. The summed E-state index contributed by atoms with van der Waals surface area (Å²) >= 11 is 0. The van der Waals surface area contributed by atoms with Gasteiger partial charge in [-0.25, -0.2) is 4.79 Å². The summed E-state index contributed by atoms with van der Waals surface area (Å²) in [5.74, 6) is 1.05. The molecule has 0 heterocycles. The van der Waals surface area contributed by atoms with Crippen LogP contribution in [0.15, 0.2) is 53.7 Å². The van der Waals surface area contributed by atoms with E-state index in [2.05, 4.69) is 5.16 Å². The number of hydrogen-bond donors (Lipinski definition) is 0. The molecule has 1 unspecified atom stereocenters. The van der Waals surface area contributed by atoms with Gasteiger partial charge in [0.15, 0.2) is 6.10 Å². The lowest BCUT2D eigenvalue weighted by Crippen LogP contribution is -2.28. The third kappa shape index (κ3) is 7.08. The van der Waals surface area contributed by atoms with Crippen molar-refractivity contribution in [2.24, 2.45) is 5.16 Å². The van der Waals surface area contributed by atoms with Crippen molar-refractivity contribution in [1.29, 1.82) is 0 Å². The van der Waals surface area contributed by atoms with E-state index in [1.807, 2.05) is 55.5 Å². The summed E-state index contributed by atoms with van der Waals surface area (Å²) in [5.41, 5.74) is 2.44. The summed E-state index contributed by atoms with van der Waals surface area (Å²) in [5, 5.41) is 4.07. The zero-order chi connectivity index (χ0) is 21.8. The maximum atomic E-state index is 12.0. The van der Waals surface area contributed by atoms with Crippen molar-refractivity contribution < 1.29 is 28.6 Å². The first kappa shape index (κ1) is 23.2. The van der Waals surface area contributed by atoms with Gasteiger partial charge < -0.3 is 23.8 Å². The molecule has 0 radical (unpaired) electrons. The van der Waals surface area contributed by atoms with Gasteiger partial charge in [0, 0.05) is 18.6 Å². The molecule has 0 N–H and O–H groups in total. The van der Waals surface area contributed by atoms with Gasteiger partial charge in [-0.3, -0.25) is 0 Å². The minimum Gasteiger partial charge on any atom is -0.497 e. The topological polar surface area (TPSA) is 75.6 Å². The molecular formula is C23H29NO6. The van der Waals surface area contributed by atoms with Crippen LogP contribution in [0.2, 0.25) is 0 Å². The van der Waals surface area contributed by atoms with E-state index in [1.54, 1.807) is 14.0 Å². The van der Waals surface area contributed by atoms with Crippen LogP contribution in [0, 0.1) is 0 Å². The highest BCUT2D eigenvalue weighted by Gasteiger charge is 2.20. The Morgan fingerprint density at radius 3 is 2.40 bits per heavy atom. The summed E-state index contributed by atoms with van der Waals surface area (Å²) in [4.78, 5) is 17.0. The summed E-state index contributed by atoms with van der Waals surface area (Å²) in [7, 11) is 3.11. The fourth-order valence-electron chi connectivity index (χ4n) is 2.81. The van der Waals surface area contributed by atoms with E-state index in [-0.39, 0.29) is 12.6 Å². The van der Waals surface area contributed by atoms with Gasteiger partial charge in [-0.2, -0.15) is 0 Å². The Labute approximate surface area is 177 Å². The molecule has 0 aromatic heterocycles. The molecule has 2 aromatic carbocycles. The molecule has 1 atom stereocenters. The van der Waals surface area contributed by atoms with Crippen LogP contribution in [0.4, 0.5) is 0 Å². The molecule has 0 aliphatic rings. The van der Waals surface area contributed by atoms with Crippen LogP contribution in [-0.2, 0) is 25.5 Å². The number of esters is 1. The summed E-state index contributed by atoms with van der Waals surface area (Å²) in [6.45, 7) is 4.62. The lowest BCUT2D eigenvalue weighted by atomic mass is 10.1. The molecule has 0 amide bonds. The Morgan fingerprint density at radius 1 is 1.00 bits per heavy atom. The molecule has 2 aromatic rings. The lowest BCUT2D eigenvalue weighted by Gasteiger charge is -2.16. The van der Waals surface area contributed by atoms with Gasteiger partial charge in [0.05, 0.1) is 13.7 Å². The standard InChI is InChI=1S/C23H29NO6/c1-5-28-22(23(25)29-6-2)14-17-10-12-19(13-11-17)30-16-21(24-27-4)18-8-7-9-20(15-18)26-3/h7-13,15,22H,5-6,14,16H2,1-4H3/b24-21-. The van der Waals surface area contributed by atoms with Crippen LogP contribution < -0.4 is 9.47 Å². The van der Waals surface area contributed by atoms with E-state index in [1.165, 1.54) is 7.11 Å². The van der Waals surface area contributed by atoms with Gasteiger partial charge in [-0.05, 0) is 43.7 Å². The van der Waals surface area contributed by atoms with Crippen LogP contribution in [0.5, 0.6) is 11.5 Å². The zero-order valence-electron chi connectivity index (χ0n) is 17.9. The smallest absolute Gasteiger partial charge is 0.335 e. The van der Waals surface area contributed by atoms with Crippen LogP contribution in [0.25, 0.3) is 0 Å². The average Bonchev–Trinajstić information content (AvgIpc) is 2.77.